The number of ether oxygens (including phenoxy) is 1. The SMILES string of the molecule is C[C@@H](CCCC(C)(C)O)[C@H]1CC[C@H]2/C(=C\C=C3C[C@@H](O)C4(CO4)[C@H](O)C3)CCC[C@]12C. The van der Waals surface area contributed by atoms with Gasteiger partial charge in [0, 0.05) is 0 Å². The van der Waals surface area contributed by atoms with Crippen molar-refractivity contribution in [3.63, 3.8) is 0 Å². The molecule has 0 aromatic carbocycles. The van der Waals surface area contributed by atoms with Gasteiger partial charge in [-0.15, -0.1) is 0 Å². The number of allylic oxidation sites excluding steroid dienone is 3. The summed E-state index contributed by atoms with van der Waals surface area (Å²) in [6.45, 7) is 9.28. The second kappa shape index (κ2) is 8.59. The number of aliphatic hydroxyl groups is 3. The van der Waals surface area contributed by atoms with Crippen molar-refractivity contribution in [1.29, 1.82) is 0 Å². The van der Waals surface area contributed by atoms with E-state index in [1.165, 1.54) is 38.5 Å². The highest BCUT2D eigenvalue weighted by Crippen LogP contribution is 2.60. The third-order valence-corrected chi connectivity index (χ3v) is 9.22. The number of epoxide rings is 1. The summed E-state index contributed by atoms with van der Waals surface area (Å²) in [5.41, 5.74) is 1.89. The van der Waals surface area contributed by atoms with Crippen molar-refractivity contribution < 1.29 is 20.1 Å². The molecule has 0 amide bonds. The first-order valence-corrected chi connectivity index (χ1v) is 12.7. The summed E-state index contributed by atoms with van der Waals surface area (Å²) < 4.78 is 5.40. The Morgan fingerprint density at radius 3 is 2.45 bits per heavy atom. The van der Waals surface area contributed by atoms with Crippen molar-refractivity contribution in [2.75, 3.05) is 6.61 Å². The van der Waals surface area contributed by atoms with Crippen LogP contribution in [0.4, 0.5) is 0 Å². The van der Waals surface area contributed by atoms with E-state index in [9.17, 15) is 15.3 Å². The van der Waals surface area contributed by atoms with E-state index in [0.717, 1.165) is 24.3 Å². The minimum Gasteiger partial charge on any atom is -0.390 e. The monoisotopic (exact) mass is 432 g/mol. The van der Waals surface area contributed by atoms with Gasteiger partial charge >= 0.3 is 0 Å². The Morgan fingerprint density at radius 2 is 1.84 bits per heavy atom. The highest BCUT2D eigenvalue weighted by Gasteiger charge is 2.59. The smallest absolute Gasteiger partial charge is 0.144 e. The molecule has 1 spiro atoms. The molecule has 6 atom stereocenters. The van der Waals surface area contributed by atoms with Crippen LogP contribution in [0.5, 0.6) is 0 Å². The molecule has 1 saturated heterocycles. The summed E-state index contributed by atoms with van der Waals surface area (Å²) in [5, 5.41) is 30.9. The number of rotatable bonds is 6. The Bertz CT molecular complexity index is 697. The van der Waals surface area contributed by atoms with Gasteiger partial charge in [0.2, 0.25) is 0 Å². The Balaban J connectivity index is 1.41. The van der Waals surface area contributed by atoms with Gasteiger partial charge in [-0.2, -0.15) is 0 Å². The molecule has 0 unspecified atom stereocenters. The topological polar surface area (TPSA) is 73.2 Å². The fourth-order valence-electron chi connectivity index (χ4n) is 7.25. The van der Waals surface area contributed by atoms with E-state index in [1.54, 1.807) is 5.57 Å². The van der Waals surface area contributed by atoms with E-state index in [4.69, 9.17) is 4.74 Å². The summed E-state index contributed by atoms with van der Waals surface area (Å²) in [4.78, 5) is 0. The molecule has 4 rings (SSSR count). The second-order valence-corrected chi connectivity index (χ2v) is 12.0. The van der Waals surface area contributed by atoms with E-state index in [1.807, 2.05) is 13.8 Å². The van der Waals surface area contributed by atoms with E-state index in [0.29, 0.717) is 36.7 Å². The van der Waals surface area contributed by atoms with Gasteiger partial charge < -0.3 is 20.1 Å². The molecular formula is C27H44O4. The molecule has 4 heteroatoms. The number of fused-ring (bicyclic) bond motifs is 1. The zero-order valence-electron chi connectivity index (χ0n) is 20.1. The minimum atomic E-state index is -0.673. The highest BCUT2D eigenvalue weighted by atomic mass is 16.6. The van der Waals surface area contributed by atoms with Crippen molar-refractivity contribution in [3.05, 3.63) is 23.3 Å². The van der Waals surface area contributed by atoms with Crippen molar-refractivity contribution in [1.82, 2.24) is 0 Å². The predicted molar refractivity (Wildman–Crippen MR) is 124 cm³/mol. The normalized spacial score (nSPS) is 42.7. The maximum absolute atomic E-state index is 10.4. The lowest BCUT2D eigenvalue weighted by Gasteiger charge is -2.44. The molecule has 31 heavy (non-hydrogen) atoms. The first-order valence-electron chi connectivity index (χ1n) is 12.7. The molecule has 4 fully saturated rings. The van der Waals surface area contributed by atoms with E-state index in [2.05, 4.69) is 26.0 Å². The van der Waals surface area contributed by atoms with Crippen LogP contribution in [0.1, 0.15) is 91.9 Å². The molecule has 3 aliphatic carbocycles. The Morgan fingerprint density at radius 1 is 1.16 bits per heavy atom. The van der Waals surface area contributed by atoms with E-state index >= 15 is 0 Å². The minimum absolute atomic E-state index is 0.383. The third-order valence-electron chi connectivity index (χ3n) is 9.22. The third kappa shape index (κ3) is 4.69. The maximum atomic E-state index is 10.4. The predicted octanol–water partition coefficient (Wildman–Crippen LogP) is 4.92. The molecule has 4 nitrogen and oxygen atoms in total. The summed E-state index contributed by atoms with van der Waals surface area (Å²) in [6, 6.07) is 0. The van der Waals surface area contributed by atoms with Crippen LogP contribution in [0.15, 0.2) is 23.3 Å². The van der Waals surface area contributed by atoms with Crippen LogP contribution in [-0.2, 0) is 4.74 Å². The molecule has 4 aliphatic rings. The van der Waals surface area contributed by atoms with Crippen LogP contribution in [0, 0.1) is 23.2 Å². The molecular weight excluding hydrogens is 388 g/mol. The van der Waals surface area contributed by atoms with Crippen LogP contribution in [0.3, 0.4) is 0 Å². The molecule has 0 aromatic heterocycles. The highest BCUT2D eigenvalue weighted by molar-refractivity contribution is 5.28. The maximum Gasteiger partial charge on any atom is 0.144 e. The van der Waals surface area contributed by atoms with Crippen molar-refractivity contribution in [3.8, 4) is 0 Å². The Hall–Kier alpha value is -0.680. The van der Waals surface area contributed by atoms with Gasteiger partial charge in [-0.3, -0.25) is 0 Å². The van der Waals surface area contributed by atoms with Crippen molar-refractivity contribution in [2.24, 2.45) is 23.2 Å². The van der Waals surface area contributed by atoms with E-state index in [-0.39, 0.29) is 0 Å². The average molecular weight is 433 g/mol. The summed E-state index contributed by atoms with van der Waals surface area (Å²) >= 11 is 0. The van der Waals surface area contributed by atoms with Crippen LogP contribution < -0.4 is 0 Å². The van der Waals surface area contributed by atoms with Gasteiger partial charge in [-0.05, 0) is 88.4 Å². The lowest BCUT2D eigenvalue weighted by atomic mass is 9.60. The fraction of sp³-hybridized carbons (Fsp3) is 0.852. The van der Waals surface area contributed by atoms with Crippen molar-refractivity contribution in [2.45, 2.75) is 115 Å². The zero-order valence-corrected chi connectivity index (χ0v) is 20.1. The molecule has 0 radical (unpaired) electrons. The first-order chi connectivity index (χ1) is 14.6. The van der Waals surface area contributed by atoms with Gasteiger partial charge in [0.15, 0.2) is 0 Å². The van der Waals surface area contributed by atoms with Gasteiger partial charge in [0.25, 0.3) is 0 Å². The standard InChI is InChI=1S/C27H44O4/c1-18(7-5-13-25(2,3)30)21-11-12-22-20(8-6-14-26(21,22)4)10-9-19-15-23(28)27(17-31-27)24(29)16-19/h9-10,18,21-24,28-30H,5-8,11-17H2,1-4H3/b19-9?,20-10-/t18-,21+,22-,23+,24+,26+,27?/m0/s1. The van der Waals surface area contributed by atoms with E-state index < -0.39 is 23.4 Å². The fourth-order valence-corrected chi connectivity index (χ4v) is 7.25. The quantitative estimate of drug-likeness (QED) is 0.521. The summed E-state index contributed by atoms with van der Waals surface area (Å²) in [5.74, 6) is 2.13. The van der Waals surface area contributed by atoms with Gasteiger partial charge in [0.1, 0.15) is 5.60 Å². The Kier molecular flexibility index (Phi) is 6.51. The van der Waals surface area contributed by atoms with Crippen LogP contribution in [-0.4, -0.2) is 45.3 Å². The lowest BCUT2D eigenvalue weighted by molar-refractivity contribution is -0.0292. The van der Waals surface area contributed by atoms with Crippen LogP contribution in [0.25, 0.3) is 0 Å². The largest absolute Gasteiger partial charge is 0.390 e. The van der Waals surface area contributed by atoms with Crippen LogP contribution >= 0.6 is 0 Å². The lowest BCUT2D eigenvalue weighted by Crippen LogP contribution is -2.45. The molecule has 176 valence electrons. The second-order valence-electron chi connectivity index (χ2n) is 12.0. The average Bonchev–Trinajstić information content (AvgIpc) is 3.40. The summed E-state index contributed by atoms with van der Waals surface area (Å²) in [6.07, 6.45) is 14.2. The summed E-state index contributed by atoms with van der Waals surface area (Å²) in [7, 11) is 0. The Labute approximate surface area is 188 Å². The van der Waals surface area contributed by atoms with Gasteiger partial charge in [-0.1, -0.05) is 50.0 Å². The van der Waals surface area contributed by atoms with Gasteiger partial charge in [-0.25, -0.2) is 0 Å². The molecule has 0 bridgehead atoms. The van der Waals surface area contributed by atoms with Crippen molar-refractivity contribution >= 4 is 0 Å². The van der Waals surface area contributed by atoms with Crippen LogP contribution in [0.2, 0.25) is 0 Å². The molecule has 0 aromatic rings. The molecule has 1 aliphatic heterocycles. The van der Waals surface area contributed by atoms with Gasteiger partial charge in [0.05, 0.1) is 24.4 Å². The number of aliphatic hydroxyl groups excluding tert-OH is 2. The molecule has 3 saturated carbocycles. The zero-order chi connectivity index (χ0) is 22.4. The first kappa shape index (κ1) is 23.5. The number of hydrogen-bond donors (Lipinski definition) is 3. The molecule has 1 heterocycles. The molecule has 3 N–H and O–H groups in total. The number of hydrogen-bond acceptors (Lipinski definition) is 4.